The van der Waals surface area contributed by atoms with E-state index in [2.05, 4.69) is 5.32 Å². The summed E-state index contributed by atoms with van der Waals surface area (Å²) in [6, 6.07) is 17.9. The molecule has 2 aromatic carbocycles. The highest BCUT2D eigenvalue weighted by molar-refractivity contribution is 5.77. The molecule has 1 fully saturated rings. The molecule has 0 aromatic heterocycles. The number of nitrogens with one attached hydrogen (secondary N) is 1. The van der Waals surface area contributed by atoms with Crippen molar-refractivity contribution in [1.29, 1.82) is 0 Å². The van der Waals surface area contributed by atoms with Gasteiger partial charge in [-0.2, -0.15) is 0 Å². The summed E-state index contributed by atoms with van der Waals surface area (Å²) in [7, 11) is 0. The molecular formula is C18H19NO3. The Morgan fingerprint density at radius 1 is 1.14 bits per heavy atom. The lowest BCUT2D eigenvalue weighted by Gasteiger charge is -2.31. The molecule has 1 amide bonds. The molecule has 0 radical (unpaired) electrons. The van der Waals surface area contributed by atoms with Gasteiger partial charge in [-0.15, -0.1) is 0 Å². The van der Waals surface area contributed by atoms with Gasteiger partial charge in [-0.05, 0) is 24.1 Å². The number of aryl methyl sites for hydroxylation is 1. The minimum Gasteiger partial charge on any atom is -0.483 e. The Bertz CT molecular complexity index is 632. The van der Waals surface area contributed by atoms with Crippen LogP contribution in [0.5, 0.6) is 5.75 Å². The van der Waals surface area contributed by atoms with Gasteiger partial charge in [0.05, 0.1) is 0 Å². The zero-order chi connectivity index (χ0) is 15.4. The maximum atomic E-state index is 11.3. The van der Waals surface area contributed by atoms with Crippen molar-refractivity contribution in [2.75, 3.05) is 13.2 Å². The van der Waals surface area contributed by atoms with Crippen molar-refractivity contribution in [3.63, 3.8) is 0 Å². The predicted octanol–water partition coefficient (Wildman–Crippen LogP) is 2.63. The lowest BCUT2D eigenvalue weighted by atomic mass is 10.0. The van der Waals surface area contributed by atoms with Crippen LogP contribution in [0.3, 0.4) is 0 Å². The second kappa shape index (κ2) is 6.62. The molecule has 2 aromatic rings. The van der Waals surface area contributed by atoms with Crippen molar-refractivity contribution in [3.05, 3.63) is 65.7 Å². The van der Waals surface area contributed by atoms with Crippen LogP contribution in [0.15, 0.2) is 54.6 Å². The average Bonchev–Trinajstić information content (AvgIpc) is 2.56. The van der Waals surface area contributed by atoms with E-state index in [0.717, 1.165) is 16.9 Å². The van der Waals surface area contributed by atoms with Crippen LogP contribution < -0.4 is 10.1 Å². The zero-order valence-electron chi connectivity index (χ0n) is 12.5. The molecule has 0 aliphatic carbocycles. The van der Waals surface area contributed by atoms with Crippen LogP contribution in [-0.2, 0) is 9.53 Å². The number of para-hydroxylation sites is 1. The number of carbonyl (C=O) groups is 1. The SMILES string of the molecule is Cc1ccccc1OC(c1ccccc1)C1CNC(=O)CO1. The third kappa shape index (κ3) is 3.28. The molecule has 2 unspecified atom stereocenters. The molecule has 0 bridgehead atoms. The normalized spacial score (nSPS) is 19.3. The van der Waals surface area contributed by atoms with Gasteiger partial charge in [-0.1, -0.05) is 48.5 Å². The molecule has 1 N–H and O–H groups in total. The predicted molar refractivity (Wildman–Crippen MR) is 83.7 cm³/mol. The lowest BCUT2D eigenvalue weighted by Crippen LogP contribution is -2.46. The van der Waals surface area contributed by atoms with Gasteiger partial charge in [0.15, 0.2) is 6.10 Å². The van der Waals surface area contributed by atoms with Crippen molar-refractivity contribution in [2.45, 2.75) is 19.1 Å². The molecule has 0 saturated carbocycles. The fraction of sp³-hybridized carbons (Fsp3) is 0.278. The fourth-order valence-corrected chi connectivity index (χ4v) is 2.53. The number of carbonyl (C=O) groups excluding carboxylic acids is 1. The second-order valence-corrected chi connectivity index (χ2v) is 5.37. The standard InChI is InChI=1S/C18H19NO3/c1-13-7-5-6-10-15(13)22-18(14-8-3-2-4-9-14)16-11-19-17(20)12-21-16/h2-10,16,18H,11-12H2,1H3,(H,19,20). The molecule has 1 saturated heterocycles. The topological polar surface area (TPSA) is 47.6 Å². The summed E-state index contributed by atoms with van der Waals surface area (Å²) in [4.78, 5) is 11.3. The Morgan fingerprint density at radius 2 is 1.86 bits per heavy atom. The third-order valence-corrected chi connectivity index (χ3v) is 3.74. The molecule has 22 heavy (non-hydrogen) atoms. The van der Waals surface area contributed by atoms with E-state index in [0.29, 0.717) is 6.54 Å². The summed E-state index contributed by atoms with van der Waals surface area (Å²) in [6.07, 6.45) is -0.470. The first kappa shape index (κ1) is 14.6. The van der Waals surface area contributed by atoms with Gasteiger partial charge in [0.25, 0.3) is 0 Å². The number of hydrogen-bond donors (Lipinski definition) is 1. The van der Waals surface area contributed by atoms with E-state index in [-0.39, 0.29) is 24.7 Å². The molecule has 2 atom stereocenters. The van der Waals surface area contributed by atoms with E-state index in [4.69, 9.17) is 9.47 Å². The van der Waals surface area contributed by atoms with Crippen LogP contribution in [0, 0.1) is 6.92 Å². The largest absolute Gasteiger partial charge is 0.483 e. The summed E-state index contributed by atoms with van der Waals surface area (Å²) in [6.45, 7) is 2.54. The van der Waals surface area contributed by atoms with Crippen LogP contribution in [0.1, 0.15) is 17.2 Å². The van der Waals surface area contributed by atoms with Gasteiger partial charge in [-0.25, -0.2) is 0 Å². The van der Waals surface area contributed by atoms with E-state index >= 15 is 0 Å². The number of ether oxygens (including phenoxy) is 2. The van der Waals surface area contributed by atoms with Gasteiger partial charge < -0.3 is 14.8 Å². The Labute approximate surface area is 130 Å². The summed E-state index contributed by atoms with van der Waals surface area (Å²) in [5.74, 6) is 0.746. The summed E-state index contributed by atoms with van der Waals surface area (Å²) in [5.41, 5.74) is 2.11. The quantitative estimate of drug-likeness (QED) is 0.943. The Hall–Kier alpha value is -2.33. The molecular weight excluding hydrogens is 278 g/mol. The van der Waals surface area contributed by atoms with E-state index in [1.807, 2.05) is 61.5 Å². The fourth-order valence-electron chi connectivity index (χ4n) is 2.53. The zero-order valence-corrected chi connectivity index (χ0v) is 12.5. The second-order valence-electron chi connectivity index (χ2n) is 5.37. The van der Waals surface area contributed by atoms with Crippen LogP contribution >= 0.6 is 0 Å². The van der Waals surface area contributed by atoms with Gasteiger partial charge in [-0.3, -0.25) is 4.79 Å². The summed E-state index contributed by atoms with van der Waals surface area (Å²) in [5, 5.41) is 2.84. The highest BCUT2D eigenvalue weighted by Crippen LogP contribution is 2.29. The third-order valence-electron chi connectivity index (χ3n) is 3.74. The van der Waals surface area contributed by atoms with Gasteiger partial charge in [0.2, 0.25) is 5.91 Å². The first-order valence-corrected chi connectivity index (χ1v) is 7.39. The van der Waals surface area contributed by atoms with Crippen molar-refractivity contribution < 1.29 is 14.3 Å². The molecule has 0 spiro atoms. The summed E-state index contributed by atoms with van der Waals surface area (Å²) < 4.78 is 11.9. The molecule has 1 aliphatic heterocycles. The van der Waals surface area contributed by atoms with E-state index in [1.54, 1.807) is 0 Å². The first-order chi connectivity index (χ1) is 10.7. The van der Waals surface area contributed by atoms with Crippen molar-refractivity contribution in [2.24, 2.45) is 0 Å². The Kier molecular flexibility index (Phi) is 4.39. The number of hydrogen-bond acceptors (Lipinski definition) is 3. The maximum absolute atomic E-state index is 11.3. The minimum absolute atomic E-state index is 0.0745. The molecule has 1 aliphatic rings. The maximum Gasteiger partial charge on any atom is 0.246 e. The van der Waals surface area contributed by atoms with Gasteiger partial charge in [0, 0.05) is 6.54 Å². The number of morpholine rings is 1. The van der Waals surface area contributed by atoms with E-state index in [9.17, 15) is 4.79 Å². The van der Waals surface area contributed by atoms with E-state index < -0.39 is 0 Å². The summed E-state index contributed by atoms with van der Waals surface area (Å²) >= 11 is 0. The van der Waals surface area contributed by atoms with Crippen molar-refractivity contribution in [1.82, 2.24) is 5.32 Å². The van der Waals surface area contributed by atoms with Crippen LogP contribution in [-0.4, -0.2) is 25.2 Å². The van der Waals surface area contributed by atoms with Crippen LogP contribution in [0.2, 0.25) is 0 Å². The van der Waals surface area contributed by atoms with Crippen molar-refractivity contribution >= 4 is 5.91 Å². The van der Waals surface area contributed by atoms with Crippen LogP contribution in [0.25, 0.3) is 0 Å². The van der Waals surface area contributed by atoms with Crippen molar-refractivity contribution in [3.8, 4) is 5.75 Å². The Balaban J connectivity index is 1.86. The van der Waals surface area contributed by atoms with Gasteiger partial charge >= 0.3 is 0 Å². The average molecular weight is 297 g/mol. The van der Waals surface area contributed by atoms with E-state index in [1.165, 1.54) is 0 Å². The van der Waals surface area contributed by atoms with Crippen LogP contribution in [0.4, 0.5) is 0 Å². The molecule has 114 valence electrons. The molecule has 3 rings (SSSR count). The first-order valence-electron chi connectivity index (χ1n) is 7.39. The minimum atomic E-state index is -0.261. The Morgan fingerprint density at radius 3 is 2.55 bits per heavy atom. The highest BCUT2D eigenvalue weighted by atomic mass is 16.5. The number of rotatable bonds is 4. The van der Waals surface area contributed by atoms with Gasteiger partial charge in [0.1, 0.15) is 18.5 Å². The number of amides is 1. The smallest absolute Gasteiger partial charge is 0.246 e. The molecule has 1 heterocycles. The monoisotopic (exact) mass is 297 g/mol. The lowest BCUT2D eigenvalue weighted by molar-refractivity contribution is -0.137. The molecule has 4 heteroatoms. The highest BCUT2D eigenvalue weighted by Gasteiger charge is 2.30. The number of benzene rings is 2. The molecule has 4 nitrogen and oxygen atoms in total.